The minimum atomic E-state index is 0.0463. The van der Waals surface area contributed by atoms with Gasteiger partial charge in [-0.3, -0.25) is 4.79 Å². The van der Waals surface area contributed by atoms with E-state index in [9.17, 15) is 4.79 Å². The number of rotatable bonds is 8. The monoisotopic (exact) mass is 426 g/mol. The molecule has 1 amide bonds. The fraction of sp³-hybridized carbons (Fsp3) is 0.348. The molecule has 2 aromatic heterocycles. The van der Waals surface area contributed by atoms with E-state index >= 15 is 0 Å². The Labute approximate surface area is 179 Å². The number of amides is 1. The van der Waals surface area contributed by atoms with Crippen LogP contribution in [-0.2, 0) is 17.9 Å². The predicted molar refractivity (Wildman–Crippen MR) is 120 cm³/mol. The number of hydrogen-bond donors (Lipinski definition) is 2. The molecule has 0 aliphatic heterocycles. The molecule has 0 spiro atoms. The fourth-order valence-electron chi connectivity index (χ4n) is 3.84. The molecule has 6 heteroatoms. The molecule has 152 valence electrons. The van der Waals surface area contributed by atoms with Gasteiger partial charge in [-0.2, -0.15) is 0 Å². The van der Waals surface area contributed by atoms with E-state index in [1.807, 2.05) is 12.1 Å². The summed E-state index contributed by atoms with van der Waals surface area (Å²) in [5, 5.41) is 8.84. The normalized spacial score (nSPS) is 18.7. The molecule has 4 nitrogen and oxygen atoms in total. The zero-order valence-electron chi connectivity index (χ0n) is 16.5. The highest BCUT2D eigenvalue weighted by Gasteiger charge is 2.32. The van der Waals surface area contributed by atoms with Crippen LogP contribution >= 0.6 is 22.7 Å². The summed E-state index contributed by atoms with van der Waals surface area (Å²) in [7, 11) is 1.67. The highest BCUT2D eigenvalue weighted by atomic mass is 32.1. The molecule has 2 atom stereocenters. The second kappa shape index (κ2) is 9.57. The molecule has 0 saturated heterocycles. The van der Waals surface area contributed by atoms with Gasteiger partial charge in [-0.25, -0.2) is 0 Å². The van der Waals surface area contributed by atoms with Crippen LogP contribution in [0, 0.1) is 5.92 Å². The summed E-state index contributed by atoms with van der Waals surface area (Å²) in [4.78, 5) is 16.5. The first-order chi connectivity index (χ1) is 14.2. The molecule has 0 bridgehead atoms. The molecule has 1 fully saturated rings. The second-order valence-corrected chi connectivity index (χ2v) is 9.45. The molecule has 29 heavy (non-hydrogen) atoms. The van der Waals surface area contributed by atoms with E-state index in [2.05, 4.69) is 52.4 Å². The van der Waals surface area contributed by atoms with E-state index in [-0.39, 0.29) is 17.9 Å². The van der Waals surface area contributed by atoms with Gasteiger partial charge in [0, 0.05) is 27.2 Å². The quantitative estimate of drug-likeness (QED) is 0.529. The molecule has 1 aliphatic carbocycles. The van der Waals surface area contributed by atoms with Crippen LogP contribution in [0.3, 0.4) is 0 Å². The van der Waals surface area contributed by atoms with Gasteiger partial charge in [-0.05, 0) is 54.1 Å². The lowest BCUT2D eigenvalue weighted by atomic mass is 10.0. The minimum absolute atomic E-state index is 0.0463. The molecule has 1 aromatic carbocycles. The summed E-state index contributed by atoms with van der Waals surface area (Å²) in [6.07, 6.45) is 3.10. The van der Waals surface area contributed by atoms with Crippen molar-refractivity contribution in [2.24, 2.45) is 5.92 Å². The third-order valence-electron chi connectivity index (χ3n) is 5.44. The highest BCUT2D eigenvalue weighted by Crippen LogP contribution is 2.32. The molecule has 2 heterocycles. The molecular weight excluding hydrogens is 400 g/mol. The Bertz CT molecular complexity index is 919. The van der Waals surface area contributed by atoms with E-state index in [0.29, 0.717) is 6.54 Å². The molecule has 0 unspecified atom stereocenters. The number of thiophene rings is 2. The average Bonchev–Trinajstić information content (AvgIpc) is 3.52. The van der Waals surface area contributed by atoms with E-state index in [1.54, 1.807) is 29.8 Å². The van der Waals surface area contributed by atoms with Crippen molar-refractivity contribution in [1.82, 2.24) is 10.6 Å². The maximum Gasteiger partial charge on any atom is 0.224 e. The van der Waals surface area contributed by atoms with Gasteiger partial charge in [-0.1, -0.05) is 24.6 Å². The molecule has 3 aromatic rings. The number of nitrogens with one attached hydrogen (secondary N) is 2. The molecule has 4 rings (SSSR count). The van der Waals surface area contributed by atoms with Gasteiger partial charge >= 0.3 is 0 Å². The van der Waals surface area contributed by atoms with E-state index in [4.69, 9.17) is 4.74 Å². The summed E-state index contributed by atoms with van der Waals surface area (Å²) in [5.74, 6) is 1.08. The van der Waals surface area contributed by atoms with Crippen molar-refractivity contribution in [3.63, 3.8) is 0 Å². The fourth-order valence-corrected chi connectivity index (χ4v) is 5.62. The van der Waals surface area contributed by atoms with E-state index in [1.165, 1.54) is 20.2 Å². The summed E-state index contributed by atoms with van der Waals surface area (Å²) in [6.45, 7) is 1.38. The van der Waals surface area contributed by atoms with Crippen molar-refractivity contribution < 1.29 is 9.53 Å². The summed E-state index contributed by atoms with van der Waals surface area (Å²) in [5.41, 5.74) is 1.21. The first kappa shape index (κ1) is 20.1. The van der Waals surface area contributed by atoms with Crippen LogP contribution in [0.2, 0.25) is 0 Å². The van der Waals surface area contributed by atoms with Crippen LogP contribution < -0.4 is 15.4 Å². The van der Waals surface area contributed by atoms with Crippen molar-refractivity contribution in [2.75, 3.05) is 7.11 Å². The lowest BCUT2D eigenvalue weighted by molar-refractivity contribution is -0.125. The molecule has 1 aliphatic rings. The first-order valence-corrected chi connectivity index (χ1v) is 11.7. The average molecular weight is 427 g/mol. The van der Waals surface area contributed by atoms with Crippen LogP contribution in [0.5, 0.6) is 5.75 Å². The van der Waals surface area contributed by atoms with Crippen molar-refractivity contribution in [2.45, 2.75) is 38.4 Å². The highest BCUT2D eigenvalue weighted by molar-refractivity contribution is 7.21. The Balaban J connectivity index is 1.28. The van der Waals surface area contributed by atoms with Crippen molar-refractivity contribution >= 4 is 28.6 Å². The number of ether oxygens (including phenoxy) is 1. The third kappa shape index (κ3) is 5.07. The first-order valence-electron chi connectivity index (χ1n) is 9.99. The molecular formula is C23H26N2O2S2. The van der Waals surface area contributed by atoms with Gasteiger partial charge in [0.15, 0.2) is 0 Å². The van der Waals surface area contributed by atoms with Crippen LogP contribution in [0.15, 0.2) is 53.9 Å². The standard InChI is InChI=1S/C23H26N2O2S2/c1-27-17-9-7-16(8-10-17)14-24-20-5-2-4-19(20)23(26)25-15-18-11-12-22(29-18)21-6-3-13-28-21/h3,6-13,19-20,24H,2,4-5,14-15H2,1H3,(H,25,26)/t19-,20-/m0/s1. The maximum absolute atomic E-state index is 12.8. The Kier molecular flexibility index (Phi) is 6.64. The number of benzene rings is 1. The minimum Gasteiger partial charge on any atom is -0.497 e. The van der Waals surface area contributed by atoms with Crippen LogP contribution in [-0.4, -0.2) is 19.1 Å². The lowest BCUT2D eigenvalue weighted by Crippen LogP contribution is -2.41. The SMILES string of the molecule is COc1ccc(CN[C@H]2CCC[C@@H]2C(=O)NCc2ccc(-c3cccs3)s2)cc1. The largest absolute Gasteiger partial charge is 0.497 e. The van der Waals surface area contributed by atoms with Gasteiger partial charge in [0.2, 0.25) is 5.91 Å². The predicted octanol–water partition coefficient (Wildman–Crippen LogP) is 5.06. The van der Waals surface area contributed by atoms with Crippen LogP contribution in [0.1, 0.15) is 29.7 Å². The van der Waals surface area contributed by atoms with Crippen LogP contribution in [0.25, 0.3) is 9.75 Å². The molecule has 0 radical (unpaired) electrons. The zero-order valence-corrected chi connectivity index (χ0v) is 18.2. The maximum atomic E-state index is 12.8. The van der Waals surface area contributed by atoms with Crippen molar-refractivity contribution in [1.29, 1.82) is 0 Å². The van der Waals surface area contributed by atoms with Gasteiger partial charge in [0.1, 0.15) is 5.75 Å². The Hall–Kier alpha value is -2.15. The number of carbonyl (C=O) groups excluding carboxylic acids is 1. The number of carbonyl (C=O) groups is 1. The van der Waals surface area contributed by atoms with E-state index in [0.717, 1.165) is 31.6 Å². The van der Waals surface area contributed by atoms with Crippen LogP contribution in [0.4, 0.5) is 0 Å². The smallest absolute Gasteiger partial charge is 0.224 e. The van der Waals surface area contributed by atoms with Gasteiger partial charge < -0.3 is 15.4 Å². The summed E-state index contributed by atoms with van der Waals surface area (Å²) in [6, 6.07) is 16.8. The van der Waals surface area contributed by atoms with Crippen molar-refractivity contribution in [3.8, 4) is 15.5 Å². The summed E-state index contributed by atoms with van der Waals surface area (Å²) < 4.78 is 5.21. The zero-order chi connectivity index (χ0) is 20.1. The molecule has 1 saturated carbocycles. The third-order valence-corrected chi connectivity index (χ3v) is 7.59. The number of hydrogen-bond acceptors (Lipinski definition) is 5. The van der Waals surface area contributed by atoms with Gasteiger partial charge in [-0.15, -0.1) is 22.7 Å². The summed E-state index contributed by atoms with van der Waals surface area (Å²) >= 11 is 3.50. The second-order valence-electron chi connectivity index (χ2n) is 7.33. The Morgan fingerprint density at radius 1 is 1.07 bits per heavy atom. The lowest BCUT2D eigenvalue weighted by Gasteiger charge is -2.20. The van der Waals surface area contributed by atoms with Gasteiger partial charge in [0.25, 0.3) is 0 Å². The topological polar surface area (TPSA) is 50.4 Å². The Morgan fingerprint density at radius 2 is 1.93 bits per heavy atom. The number of methoxy groups -OCH3 is 1. The Morgan fingerprint density at radius 3 is 2.69 bits per heavy atom. The van der Waals surface area contributed by atoms with E-state index < -0.39 is 0 Å². The molecule has 2 N–H and O–H groups in total. The van der Waals surface area contributed by atoms with Crippen molar-refractivity contribution in [3.05, 3.63) is 64.4 Å². The van der Waals surface area contributed by atoms with Gasteiger partial charge in [0.05, 0.1) is 19.6 Å².